The first kappa shape index (κ1) is 17.9. The number of aryl methyl sites for hydroxylation is 1. The maximum absolute atomic E-state index is 12.2. The summed E-state index contributed by atoms with van der Waals surface area (Å²) in [5.74, 6) is 0. The van der Waals surface area contributed by atoms with Gasteiger partial charge in [-0.05, 0) is 19.1 Å². The molecule has 0 radical (unpaired) electrons. The van der Waals surface area contributed by atoms with Crippen LogP contribution in [0.5, 0.6) is 0 Å². The van der Waals surface area contributed by atoms with Crippen molar-refractivity contribution in [3.05, 3.63) is 88.1 Å². The Hall–Kier alpha value is -2.92. The summed E-state index contributed by atoms with van der Waals surface area (Å²) in [5, 5.41) is 2.93. The minimum atomic E-state index is -0.0937. The maximum atomic E-state index is 12.2. The topological polar surface area (TPSA) is 54.0 Å². The first-order chi connectivity index (χ1) is 12.3. The number of aliphatic imine (C=N–C) groups is 1. The van der Waals surface area contributed by atoms with Crippen LogP contribution in [0.25, 0.3) is 5.70 Å². The quantitative estimate of drug-likeness (QED) is 0.500. The molecular formula is C20H19ClN4O. The average Bonchev–Trinajstić information content (AvgIpc) is 3.20. The van der Waals surface area contributed by atoms with Crippen molar-refractivity contribution in [2.75, 3.05) is 0 Å². The number of allylic oxidation sites excluding steroid dienone is 1. The lowest BCUT2D eigenvalue weighted by Gasteiger charge is -2.00. The van der Waals surface area contributed by atoms with Gasteiger partial charge in [0.25, 0.3) is 5.56 Å². The number of nitrogens with zero attached hydrogens (tertiary/aromatic N) is 3. The Bertz CT molecular complexity index is 1030. The Balaban J connectivity index is 0.00000196. The Morgan fingerprint density at radius 3 is 2.69 bits per heavy atom. The minimum Gasteiger partial charge on any atom is -1.00 e. The van der Waals surface area contributed by atoms with E-state index < -0.39 is 0 Å². The number of rotatable bonds is 4. The molecule has 132 valence electrons. The number of benzene rings is 1. The van der Waals surface area contributed by atoms with Gasteiger partial charge in [0.2, 0.25) is 5.70 Å². The van der Waals surface area contributed by atoms with Gasteiger partial charge in [-0.25, -0.2) is 4.99 Å². The van der Waals surface area contributed by atoms with Crippen molar-refractivity contribution in [2.45, 2.75) is 19.9 Å². The molecular weight excluding hydrogens is 348 g/mol. The number of hydrogen-bond acceptors (Lipinski definition) is 2. The molecule has 1 aliphatic heterocycles. The lowest BCUT2D eigenvalue weighted by Crippen LogP contribution is -3.00. The smallest absolute Gasteiger partial charge is 0.292 e. The molecule has 0 amide bonds. The van der Waals surface area contributed by atoms with Gasteiger partial charge in [0.05, 0.1) is 12.0 Å². The van der Waals surface area contributed by atoms with Crippen LogP contribution >= 0.6 is 0 Å². The van der Waals surface area contributed by atoms with E-state index in [2.05, 4.69) is 39.1 Å². The van der Waals surface area contributed by atoms with Crippen LogP contribution in [0, 0.1) is 0 Å². The molecule has 0 spiro atoms. The summed E-state index contributed by atoms with van der Waals surface area (Å²) in [4.78, 5) is 16.6. The monoisotopic (exact) mass is 366 g/mol. The van der Waals surface area contributed by atoms with Crippen LogP contribution in [-0.4, -0.2) is 16.0 Å². The fourth-order valence-corrected chi connectivity index (χ4v) is 3.17. The van der Waals surface area contributed by atoms with Gasteiger partial charge in [-0.1, -0.05) is 24.3 Å². The summed E-state index contributed by atoms with van der Waals surface area (Å²) >= 11 is 0. The first-order valence-corrected chi connectivity index (χ1v) is 8.38. The number of halogens is 1. The fourth-order valence-electron chi connectivity index (χ4n) is 3.17. The zero-order chi connectivity index (χ0) is 17.2. The Kier molecular flexibility index (Phi) is 5.19. The normalized spacial score (nSPS) is 13.1. The number of pyridine rings is 1. The molecule has 6 heteroatoms. The SMILES string of the molecule is CCn1[nH]cc(N=CC2=C(c3ccccc3)[n+]3ccccc3C2)c1=O.[Cl-]. The second kappa shape index (κ2) is 7.54. The van der Waals surface area contributed by atoms with Crippen LogP contribution in [0.2, 0.25) is 0 Å². The molecule has 1 aromatic carbocycles. The predicted octanol–water partition coefficient (Wildman–Crippen LogP) is -0.294. The molecule has 0 bridgehead atoms. The summed E-state index contributed by atoms with van der Waals surface area (Å²) in [6.07, 6.45) is 6.33. The number of aromatic nitrogens is 3. The highest BCUT2D eigenvalue weighted by atomic mass is 35.5. The van der Waals surface area contributed by atoms with Crippen LogP contribution in [-0.2, 0) is 13.0 Å². The Morgan fingerprint density at radius 2 is 1.96 bits per heavy atom. The molecule has 26 heavy (non-hydrogen) atoms. The van der Waals surface area contributed by atoms with E-state index >= 15 is 0 Å². The van der Waals surface area contributed by atoms with Crippen LogP contribution in [0.1, 0.15) is 18.2 Å². The molecule has 0 atom stereocenters. The van der Waals surface area contributed by atoms with Crippen molar-refractivity contribution in [1.29, 1.82) is 0 Å². The van der Waals surface area contributed by atoms with E-state index in [9.17, 15) is 4.79 Å². The average molecular weight is 367 g/mol. The molecule has 1 N–H and O–H groups in total. The van der Waals surface area contributed by atoms with Crippen LogP contribution in [0.15, 0.2) is 76.3 Å². The van der Waals surface area contributed by atoms with Gasteiger partial charge in [0, 0.05) is 36.7 Å². The minimum absolute atomic E-state index is 0. The number of nitrogens with one attached hydrogen (secondary N) is 1. The van der Waals surface area contributed by atoms with E-state index in [0.29, 0.717) is 12.2 Å². The Morgan fingerprint density at radius 1 is 1.19 bits per heavy atom. The van der Waals surface area contributed by atoms with E-state index in [0.717, 1.165) is 23.3 Å². The highest BCUT2D eigenvalue weighted by Gasteiger charge is 2.29. The van der Waals surface area contributed by atoms with E-state index in [1.165, 1.54) is 10.4 Å². The lowest BCUT2D eigenvalue weighted by atomic mass is 10.1. The number of fused-ring (bicyclic) bond motifs is 1. The molecule has 3 heterocycles. The molecule has 0 fully saturated rings. The molecule has 1 aliphatic rings. The van der Waals surface area contributed by atoms with Gasteiger partial charge in [0.15, 0.2) is 11.9 Å². The summed E-state index contributed by atoms with van der Waals surface area (Å²) in [7, 11) is 0. The molecule has 0 aliphatic carbocycles. The second-order valence-electron chi connectivity index (χ2n) is 5.94. The highest BCUT2D eigenvalue weighted by Crippen LogP contribution is 2.23. The van der Waals surface area contributed by atoms with Gasteiger partial charge in [-0.3, -0.25) is 9.48 Å². The zero-order valence-corrected chi connectivity index (χ0v) is 15.1. The van der Waals surface area contributed by atoms with Crippen LogP contribution < -0.4 is 22.5 Å². The van der Waals surface area contributed by atoms with Gasteiger partial charge < -0.3 is 17.5 Å². The van der Waals surface area contributed by atoms with E-state index in [1.807, 2.05) is 43.5 Å². The molecule has 2 aromatic heterocycles. The third kappa shape index (κ3) is 3.13. The third-order valence-electron chi connectivity index (χ3n) is 4.41. The van der Waals surface area contributed by atoms with E-state index in [4.69, 9.17) is 0 Å². The largest absolute Gasteiger partial charge is 1.00 e. The number of aromatic amines is 1. The molecule has 5 nitrogen and oxygen atoms in total. The van der Waals surface area contributed by atoms with Gasteiger partial charge in [-0.2, -0.15) is 4.57 Å². The highest BCUT2D eigenvalue weighted by molar-refractivity contribution is 5.91. The predicted molar refractivity (Wildman–Crippen MR) is 98.0 cm³/mol. The molecule has 0 saturated heterocycles. The van der Waals surface area contributed by atoms with Crippen molar-refractivity contribution < 1.29 is 17.0 Å². The first-order valence-electron chi connectivity index (χ1n) is 8.38. The molecule has 0 saturated carbocycles. The number of H-pyrrole nitrogens is 1. The lowest BCUT2D eigenvalue weighted by molar-refractivity contribution is -0.582. The van der Waals surface area contributed by atoms with Crippen LogP contribution in [0.4, 0.5) is 5.69 Å². The summed E-state index contributed by atoms with van der Waals surface area (Å²) in [6.45, 7) is 2.53. The van der Waals surface area contributed by atoms with Crippen molar-refractivity contribution >= 4 is 17.6 Å². The molecule has 4 rings (SSSR count). The van der Waals surface area contributed by atoms with Gasteiger partial charge in [0.1, 0.15) is 5.69 Å². The Labute approximate surface area is 157 Å². The fraction of sp³-hybridized carbons (Fsp3) is 0.150. The second-order valence-corrected chi connectivity index (χ2v) is 5.94. The molecule has 0 unspecified atom stereocenters. The van der Waals surface area contributed by atoms with Crippen molar-refractivity contribution in [3.8, 4) is 0 Å². The van der Waals surface area contributed by atoms with Gasteiger partial charge >= 0.3 is 0 Å². The van der Waals surface area contributed by atoms with Gasteiger partial charge in [-0.15, -0.1) is 0 Å². The van der Waals surface area contributed by atoms with E-state index in [1.54, 1.807) is 6.20 Å². The molecule has 3 aromatic rings. The summed E-state index contributed by atoms with van der Waals surface area (Å²) < 4.78 is 3.73. The van der Waals surface area contributed by atoms with Crippen molar-refractivity contribution in [2.24, 2.45) is 4.99 Å². The summed E-state index contributed by atoms with van der Waals surface area (Å²) in [6, 6.07) is 16.5. The van der Waals surface area contributed by atoms with Crippen molar-refractivity contribution in [3.63, 3.8) is 0 Å². The van der Waals surface area contributed by atoms with E-state index in [-0.39, 0.29) is 18.0 Å². The number of hydrogen-bond donors (Lipinski definition) is 1. The standard InChI is InChI=1S/C20H18N4O.ClH/c1-2-24-20(25)18(14-22-24)21-13-16-12-17-10-6-7-11-23(17)19(16)15-8-4-3-5-9-15;/h3-11,13-14H,2,12H2,1H3;1H. The third-order valence-corrected chi connectivity index (χ3v) is 4.41. The maximum Gasteiger partial charge on any atom is 0.292 e. The van der Waals surface area contributed by atoms with Crippen LogP contribution in [0.3, 0.4) is 0 Å². The van der Waals surface area contributed by atoms with Crippen molar-refractivity contribution in [1.82, 2.24) is 9.78 Å². The summed E-state index contributed by atoms with van der Waals surface area (Å²) in [5.41, 5.74) is 4.90. The zero-order valence-electron chi connectivity index (χ0n) is 14.4.